The Labute approximate surface area is 166 Å². The van der Waals surface area contributed by atoms with Crippen LogP contribution >= 0.6 is 0 Å². The van der Waals surface area contributed by atoms with E-state index in [1.54, 1.807) is 12.0 Å². The van der Waals surface area contributed by atoms with Crippen molar-refractivity contribution in [3.05, 3.63) is 59.2 Å². The molecule has 0 aliphatic carbocycles. The van der Waals surface area contributed by atoms with E-state index in [2.05, 4.69) is 45.1 Å². The van der Waals surface area contributed by atoms with E-state index in [1.165, 1.54) is 5.56 Å². The SMILES string of the molecule is COc1c(C(C)c2ccccc2)cc(N2CCC(=O)NC2=O)cc1C(C)(C)C. The van der Waals surface area contributed by atoms with Crippen LogP contribution in [-0.2, 0) is 10.2 Å². The molecule has 5 heteroatoms. The molecule has 148 valence electrons. The second-order valence-electron chi connectivity index (χ2n) is 8.25. The molecule has 3 rings (SSSR count). The first-order chi connectivity index (χ1) is 13.2. The third-order valence-electron chi connectivity index (χ3n) is 5.25. The lowest BCUT2D eigenvalue weighted by Gasteiger charge is -2.32. The molecule has 1 heterocycles. The van der Waals surface area contributed by atoms with Gasteiger partial charge in [0.05, 0.1) is 7.11 Å². The van der Waals surface area contributed by atoms with E-state index in [4.69, 9.17) is 4.74 Å². The molecule has 0 spiro atoms. The maximum absolute atomic E-state index is 12.4. The van der Waals surface area contributed by atoms with E-state index < -0.39 is 0 Å². The number of methoxy groups -OCH3 is 1. The van der Waals surface area contributed by atoms with Crippen molar-refractivity contribution < 1.29 is 14.3 Å². The first-order valence-electron chi connectivity index (χ1n) is 9.61. The van der Waals surface area contributed by atoms with E-state index in [9.17, 15) is 9.59 Å². The summed E-state index contributed by atoms with van der Waals surface area (Å²) in [6, 6.07) is 13.9. The largest absolute Gasteiger partial charge is 0.496 e. The van der Waals surface area contributed by atoms with E-state index >= 15 is 0 Å². The van der Waals surface area contributed by atoms with E-state index in [0.717, 1.165) is 22.6 Å². The molecule has 1 aliphatic heterocycles. The van der Waals surface area contributed by atoms with Crippen LogP contribution in [-0.4, -0.2) is 25.6 Å². The number of ether oxygens (including phenoxy) is 1. The number of imide groups is 1. The number of urea groups is 1. The molecule has 2 aromatic rings. The normalized spacial score (nSPS) is 16.0. The summed E-state index contributed by atoms with van der Waals surface area (Å²) in [4.78, 5) is 25.6. The molecule has 1 N–H and O–H groups in total. The minimum atomic E-state index is -0.375. The molecule has 0 radical (unpaired) electrons. The predicted molar refractivity (Wildman–Crippen MR) is 111 cm³/mol. The van der Waals surface area contributed by atoms with Crippen molar-refractivity contribution in [3.8, 4) is 5.75 Å². The fraction of sp³-hybridized carbons (Fsp3) is 0.391. The molecular weight excluding hydrogens is 352 g/mol. The van der Waals surface area contributed by atoms with Crippen molar-refractivity contribution in [2.45, 2.75) is 45.4 Å². The molecule has 28 heavy (non-hydrogen) atoms. The van der Waals surface area contributed by atoms with Gasteiger partial charge in [-0.1, -0.05) is 58.0 Å². The Kier molecular flexibility index (Phi) is 5.45. The number of anilines is 1. The second-order valence-corrected chi connectivity index (χ2v) is 8.25. The zero-order chi connectivity index (χ0) is 20.5. The number of nitrogens with zero attached hydrogens (tertiary/aromatic N) is 1. The average Bonchev–Trinajstić information content (AvgIpc) is 2.66. The zero-order valence-corrected chi connectivity index (χ0v) is 17.2. The number of carbonyl (C=O) groups is 2. The van der Waals surface area contributed by atoms with Gasteiger partial charge in [0.25, 0.3) is 0 Å². The molecule has 0 saturated carbocycles. The van der Waals surface area contributed by atoms with Crippen LogP contribution in [0.4, 0.5) is 10.5 Å². The number of rotatable bonds is 4. The van der Waals surface area contributed by atoms with Gasteiger partial charge in [0.1, 0.15) is 5.75 Å². The van der Waals surface area contributed by atoms with Crippen LogP contribution in [0.1, 0.15) is 56.7 Å². The molecule has 1 atom stereocenters. The first kappa shape index (κ1) is 19.9. The topological polar surface area (TPSA) is 58.6 Å². The summed E-state index contributed by atoms with van der Waals surface area (Å²) < 4.78 is 5.86. The van der Waals surface area contributed by atoms with Crippen LogP contribution in [0.2, 0.25) is 0 Å². The maximum Gasteiger partial charge on any atom is 0.328 e. The van der Waals surface area contributed by atoms with Gasteiger partial charge in [-0.2, -0.15) is 0 Å². The van der Waals surface area contributed by atoms with Crippen LogP contribution in [0.5, 0.6) is 5.75 Å². The smallest absolute Gasteiger partial charge is 0.328 e. The Bertz CT molecular complexity index is 885. The Morgan fingerprint density at radius 3 is 2.36 bits per heavy atom. The Hall–Kier alpha value is -2.82. The number of nitrogens with one attached hydrogen (secondary N) is 1. The summed E-state index contributed by atoms with van der Waals surface area (Å²) in [5.41, 5.74) is 3.86. The minimum absolute atomic E-state index is 0.0895. The Morgan fingerprint density at radius 2 is 1.79 bits per heavy atom. The van der Waals surface area contributed by atoms with Gasteiger partial charge in [0.2, 0.25) is 5.91 Å². The second kappa shape index (κ2) is 7.66. The van der Waals surface area contributed by atoms with Crippen LogP contribution in [0.3, 0.4) is 0 Å². The molecule has 2 aromatic carbocycles. The van der Waals surface area contributed by atoms with E-state index in [0.29, 0.717) is 13.0 Å². The molecular formula is C23H28N2O3. The van der Waals surface area contributed by atoms with Crippen LogP contribution in [0.25, 0.3) is 0 Å². The van der Waals surface area contributed by atoms with Crippen molar-refractivity contribution in [2.24, 2.45) is 0 Å². The summed E-state index contributed by atoms with van der Waals surface area (Å²) >= 11 is 0. The molecule has 5 nitrogen and oxygen atoms in total. The lowest BCUT2D eigenvalue weighted by atomic mass is 9.81. The predicted octanol–water partition coefficient (Wildman–Crippen LogP) is 4.59. The van der Waals surface area contributed by atoms with Gasteiger partial charge in [-0.15, -0.1) is 0 Å². The van der Waals surface area contributed by atoms with Gasteiger partial charge in [-0.25, -0.2) is 4.79 Å². The molecule has 1 unspecified atom stereocenters. The van der Waals surface area contributed by atoms with Crippen molar-refractivity contribution in [2.75, 3.05) is 18.6 Å². The molecule has 1 saturated heterocycles. The molecule has 1 aliphatic rings. The average molecular weight is 380 g/mol. The third kappa shape index (κ3) is 3.88. The van der Waals surface area contributed by atoms with Crippen LogP contribution in [0, 0.1) is 0 Å². The third-order valence-corrected chi connectivity index (χ3v) is 5.25. The fourth-order valence-electron chi connectivity index (χ4n) is 3.63. The molecule has 0 bridgehead atoms. The minimum Gasteiger partial charge on any atom is -0.496 e. The summed E-state index contributed by atoms with van der Waals surface area (Å²) in [5.74, 6) is 0.705. The lowest BCUT2D eigenvalue weighted by Crippen LogP contribution is -2.49. The first-order valence-corrected chi connectivity index (χ1v) is 9.61. The lowest BCUT2D eigenvalue weighted by molar-refractivity contribution is -0.120. The van der Waals surface area contributed by atoms with Crippen molar-refractivity contribution >= 4 is 17.6 Å². The van der Waals surface area contributed by atoms with Crippen molar-refractivity contribution in [3.63, 3.8) is 0 Å². The quantitative estimate of drug-likeness (QED) is 0.844. The van der Waals surface area contributed by atoms with E-state index in [1.807, 2.05) is 30.3 Å². The Morgan fingerprint density at radius 1 is 1.11 bits per heavy atom. The summed E-state index contributed by atoms with van der Waals surface area (Å²) in [7, 11) is 1.69. The van der Waals surface area contributed by atoms with Gasteiger partial charge in [0.15, 0.2) is 0 Å². The Balaban J connectivity index is 2.17. The van der Waals surface area contributed by atoms with E-state index in [-0.39, 0.29) is 23.3 Å². The maximum atomic E-state index is 12.4. The van der Waals surface area contributed by atoms with Crippen LogP contribution < -0.4 is 15.0 Å². The highest BCUT2D eigenvalue weighted by Gasteiger charge is 2.30. The van der Waals surface area contributed by atoms with Gasteiger partial charge in [-0.05, 0) is 23.1 Å². The number of hydrogen-bond donors (Lipinski definition) is 1. The number of carbonyl (C=O) groups excluding carboxylic acids is 2. The summed E-state index contributed by atoms with van der Waals surface area (Å²) in [6.07, 6.45) is 0.298. The molecule has 1 fully saturated rings. The summed E-state index contributed by atoms with van der Waals surface area (Å²) in [5, 5.41) is 2.41. The van der Waals surface area contributed by atoms with Crippen molar-refractivity contribution in [1.29, 1.82) is 0 Å². The van der Waals surface area contributed by atoms with Gasteiger partial charge >= 0.3 is 6.03 Å². The van der Waals surface area contributed by atoms with Gasteiger partial charge in [0, 0.05) is 35.7 Å². The number of hydrogen-bond acceptors (Lipinski definition) is 3. The van der Waals surface area contributed by atoms with Gasteiger partial charge in [-0.3, -0.25) is 15.0 Å². The number of benzene rings is 2. The standard InChI is InChI=1S/C23H28N2O3/c1-15(16-9-7-6-8-10-16)18-13-17(25-12-11-20(26)24-22(25)27)14-19(21(18)28-5)23(2,3)4/h6-10,13-15H,11-12H2,1-5H3,(H,24,26,27). The monoisotopic (exact) mass is 380 g/mol. The molecule has 0 aromatic heterocycles. The highest BCUT2D eigenvalue weighted by molar-refractivity contribution is 6.05. The highest BCUT2D eigenvalue weighted by Crippen LogP contribution is 2.42. The molecule has 3 amide bonds. The highest BCUT2D eigenvalue weighted by atomic mass is 16.5. The summed E-state index contributed by atoms with van der Waals surface area (Å²) in [6.45, 7) is 8.91. The van der Waals surface area contributed by atoms with Crippen molar-refractivity contribution in [1.82, 2.24) is 5.32 Å². The number of amides is 3. The van der Waals surface area contributed by atoms with Crippen LogP contribution in [0.15, 0.2) is 42.5 Å². The fourth-order valence-corrected chi connectivity index (χ4v) is 3.63. The zero-order valence-electron chi connectivity index (χ0n) is 17.2. The van der Waals surface area contributed by atoms with Gasteiger partial charge < -0.3 is 4.74 Å².